The van der Waals surface area contributed by atoms with Crippen molar-refractivity contribution >= 4 is 15.9 Å². The fraction of sp³-hybridized carbons (Fsp3) is 0.0833. The molecule has 2 aromatic rings. The van der Waals surface area contributed by atoms with Crippen molar-refractivity contribution in [3.63, 3.8) is 0 Å². The van der Waals surface area contributed by atoms with E-state index in [0.717, 1.165) is 10.0 Å². The predicted molar refractivity (Wildman–Crippen MR) is 64.4 cm³/mol. The molecule has 1 N–H and O–H groups in total. The van der Waals surface area contributed by atoms with Gasteiger partial charge in [0.15, 0.2) is 0 Å². The van der Waals surface area contributed by atoms with Crippen LogP contribution < -0.4 is 4.74 Å². The zero-order valence-corrected chi connectivity index (χ0v) is 10.0. The van der Waals surface area contributed by atoms with Crippen LogP contribution in [0.1, 0.15) is 5.56 Å². The van der Waals surface area contributed by atoms with E-state index in [9.17, 15) is 5.11 Å². The average Bonchev–Trinajstić information content (AvgIpc) is 2.27. The molecular formula is C12H10BrNO2. The summed E-state index contributed by atoms with van der Waals surface area (Å²) in [6.07, 6.45) is 3.46. The smallest absolute Gasteiger partial charge is 0.123 e. The molecule has 3 nitrogen and oxygen atoms in total. The molecule has 0 aliphatic rings. The molecular weight excluding hydrogens is 270 g/mol. The maximum atomic E-state index is 9.25. The molecule has 0 amide bonds. The zero-order chi connectivity index (χ0) is 11.4. The van der Waals surface area contributed by atoms with E-state index in [1.165, 1.54) is 0 Å². The molecule has 0 atom stereocenters. The lowest BCUT2D eigenvalue weighted by atomic mass is 10.3. The van der Waals surface area contributed by atoms with Crippen molar-refractivity contribution in [2.24, 2.45) is 0 Å². The lowest BCUT2D eigenvalue weighted by molar-refractivity contribution is 0.304. The van der Waals surface area contributed by atoms with E-state index < -0.39 is 0 Å². The Bertz CT molecular complexity index is 442. The third-order valence-corrected chi connectivity index (χ3v) is 2.42. The van der Waals surface area contributed by atoms with Gasteiger partial charge >= 0.3 is 0 Å². The molecule has 1 heterocycles. The number of rotatable bonds is 3. The van der Waals surface area contributed by atoms with Gasteiger partial charge in [0.25, 0.3) is 0 Å². The van der Waals surface area contributed by atoms with Crippen LogP contribution in [0.2, 0.25) is 0 Å². The lowest BCUT2D eigenvalue weighted by Crippen LogP contribution is -1.95. The van der Waals surface area contributed by atoms with Crippen LogP contribution in [0.4, 0.5) is 0 Å². The monoisotopic (exact) mass is 279 g/mol. The predicted octanol–water partition coefficient (Wildman–Crippen LogP) is 3.13. The van der Waals surface area contributed by atoms with Crippen LogP contribution in [-0.4, -0.2) is 10.1 Å². The molecule has 16 heavy (non-hydrogen) atoms. The summed E-state index contributed by atoms with van der Waals surface area (Å²) >= 11 is 3.34. The van der Waals surface area contributed by atoms with Gasteiger partial charge in [-0.25, -0.2) is 0 Å². The molecule has 0 aliphatic carbocycles. The van der Waals surface area contributed by atoms with Crippen molar-refractivity contribution in [3.05, 3.63) is 52.8 Å². The highest BCUT2D eigenvalue weighted by molar-refractivity contribution is 9.10. The maximum Gasteiger partial charge on any atom is 0.123 e. The second-order valence-electron chi connectivity index (χ2n) is 3.30. The molecule has 0 spiro atoms. The summed E-state index contributed by atoms with van der Waals surface area (Å²) in [5.74, 6) is 0.838. The van der Waals surface area contributed by atoms with Crippen molar-refractivity contribution < 1.29 is 9.84 Å². The Balaban J connectivity index is 2.02. The quantitative estimate of drug-likeness (QED) is 0.939. The normalized spacial score (nSPS) is 10.1. The number of hydrogen-bond donors (Lipinski definition) is 1. The number of aromatic hydroxyl groups is 1. The van der Waals surface area contributed by atoms with Crippen LogP contribution in [0.5, 0.6) is 11.5 Å². The van der Waals surface area contributed by atoms with Crippen molar-refractivity contribution in [3.8, 4) is 11.5 Å². The summed E-state index contributed by atoms with van der Waals surface area (Å²) < 4.78 is 6.43. The van der Waals surface area contributed by atoms with Crippen molar-refractivity contribution in [2.75, 3.05) is 0 Å². The van der Waals surface area contributed by atoms with Crippen LogP contribution in [0.25, 0.3) is 0 Å². The zero-order valence-electron chi connectivity index (χ0n) is 8.43. The van der Waals surface area contributed by atoms with E-state index in [1.54, 1.807) is 36.7 Å². The number of nitrogens with zero attached hydrogens (tertiary/aromatic N) is 1. The summed E-state index contributed by atoms with van der Waals surface area (Å²) in [6.45, 7) is 0.426. The van der Waals surface area contributed by atoms with Crippen LogP contribution in [0, 0.1) is 0 Å². The van der Waals surface area contributed by atoms with E-state index in [4.69, 9.17) is 4.74 Å². The molecule has 0 bridgehead atoms. The van der Waals surface area contributed by atoms with E-state index in [-0.39, 0.29) is 5.75 Å². The minimum absolute atomic E-state index is 0.199. The van der Waals surface area contributed by atoms with Crippen LogP contribution >= 0.6 is 15.9 Å². The molecule has 0 fully saturated rings. The molecule has 0 radical (unpaired) electrons. The van der Waals surface area contributed by atoms with Gasteiger partial charge in [-0.15, -0.1) is 0 Å². The van der Waals surface area contributed by atoms with Crippen LogP contribution in [0.15, 0.2) is 47.2 Å². The summed E-state index contributed by atoms with van der Waals surface area (Å²) in [5, 5.41) is 9.25. The largest absolute Gasteiger partial charge is 0.508 e. The SMILES string of the molecule is Oc1cccc(OCc2cncc(Br)c2)c1. The minimum Gasteiger partial charge on any atom is -0.508 e. The standard InChI is InChI=1S/C12H10BrNO2/c13-10-4-9(6-14-7-10)8-16-12-3-1-2-11(15)5-12/h1-7,15H,8H2. The van der Waals surface area contributed by atoms with Crippen LogP contribution in [-0.2, 0) is 6.61 Å². The number of halogens is 1. The van der Waals surface area contributed by atoms with Gasteiger partial charge in [-0.1, -0.05) is 6.07 Å². The van der Waals surface area contributed by atoms with Crippen molar-refractivity contribution in [1.29, 1.82) is 0 Å². The molecule has 2 rings (SSSR count). The fourth-order valence-corrected chi connectivity index (χ4v) is 1.69. The van der Waals surface area contributed by atoms with E-state index in [1.807, 2.05) is 6.07 Å². The molecule has 0 unspecified atom stereocenters. The van der Waals surface area contributed by atoms with Gasteiger partial charge in [-0.05, 0) is 34.1 Å². The van der Waals surface area contributed by atoms with Gasteiger partial charge in [0.1, 0.15) is 18.1 Å². The molecule has 82 valence electrons. The first kappa shape index (κ1) is 11.0. The first-order chi connectivity index (χ1) is 7.74. The molecule has 1 aromatic carbocycles. The Morgan fingerprint density at radius 3 is 2.88 bits per heavy atom. The van der Waals surface area contributed by atoms with Gasteiger partial charge in [0.2, 0.25) is 0 Å². The summed E-state index contributed by atoms with van der Waals surface area (Å²) in [6, 6.07) is 8.66. The Hall–Kier alpha value is -1.55. The summed E-state index contributed by atoms with van der Waals surface area (Å²) in [7, 11) is 0. The molecule has 1 aromatic heterocycles. The summed E-state index contributed by atoms with van der Waals surface area (Å²) in [5.41, 5.74) is 0.970. The van der Waals surface area contributed by atoms with Gasteiger partial charge in [0, 0.05) is 28.5 Å². The summed E-state index contributed by atoms with van der Waals surface area (Å²) in [4.78, 5) is 4.04. The Labute approximate surface area is 102 Å². The van der Waals surface area contributed by atoms with Crippen molar-refractivity contribution in [2.45, 2.75) is 6.61 Å². The van der Waals surface area contributed by atoms with Crippen molar-refractivity contribution in [1.82, 2.24) is 4.98 Å². The van der Waals surface area contributed by atoms with E-state index >= 15 is 0 Å². The Kier molecular flexibility index (Phi) is 3.41. The highest BCUT2D eigenvalue weighted by atomic mass is 79.9. The topological polar surface area (TPSA) is 42.4 Å². The molecule has 0 saturated heterocycles. The second-order valence-corrected chi connectivity index (χ2v) is 4.21. The Morgan fingerprint density at radius 2 is 2.12 bits per heavy atom. The second kappa shape index (κ2) is 4.99. The number of benzene rings is 1. The van der Waals surface area contributed by atoms with E-state index in [2.05, 4.69) is 20.9 Å². The minimum atomic E-state index is 0.199. The maximum absolute atomic E-state index is 9.25. The number of pyridine rings is 1. The van der Waals surface area contributed by atoms with Gasteiger partial charge in [-0.2, -0.15) is 0 Å². The number of aromatic nitrogens is 1. The number of hydrogen-bond acceptors (Lipinski definition) is 3. The number of ether oxygens (including phenoxy) is 1. The first-order valence-corrected chi connectivity index (χ1v) is 5.54. The third-order valence-electron chi connectivity index (χ3n) is 1.98. The Morgan fingerprint density at radius 1 is 1.25 bits per heavy atom. The number of phenols is 1. The first-order valence-electron chi connectivity index (χ1n) is 4.75. The highest BCUT2D eigenvalue weighted by Gasteiger charge is 1.98. The third kappa shape index (κ3) is 2.97. The van der Waals surface area contributed by atoms with E-state index in [0.29, 0.717) is 12.4 Å². The lowest BCUT2D eigenvalue weighted by Gasteiger charge is -2.06. The number of phenolic OH excluding ortho intramolecular Hbond substituents is 1. The van der Waals surface area contributed by atoms with Gasteiger partial charge < -0.3 is 9.84 Å². The van der Waals surface area contributed by atoms with Crippen LogP contribution in [0.3, 0.4) is 0 Å². The molecule has 0 saturated carbocycles. The molecule has 4 heteroatoms. The molecule has 0 aliphatic heterocycles. The van der Waals surface area contributed by atoms with Gasteiger partial charge in [-0.3, -0.25) is 4.98 Å². The highest BCUT2D eigenvalue weighted by Crippen LogP contribution is 2.19. The fourth-order valence-electron chi connectivity index (χ4n) is 1.27. The average molecular weight is 280 g/mol. The van der Waals surface area contributed by atoms with Gasteiger partial charge in [0.05, 0.1) is 0 Å².